The fourth-order valence-electron chi connectivity index (χ4n) is 2.63. The first-order valence-corrected chi connectivity index (χ1v) is 7.76. The Morgan fingerprint density at radius 3 is 1.20 bits per heavy atom. The first-order valence-electron chi connectivity index (χ1n) is 7.76. The van der Waals surface area contributed by atoms with E-state index in [-0.39, 0.29) is 11.4 Å². The fourth-order valence-corrected chi connectivity index (χ4v) is 2.63. The minimum Gasteiger partial charge on any atom is -0.247 e. The van der Waals surface area contributed by atoms with Crippen molar-refractivity contribution >= 4 is 11.4 Å². The Labute approximate surface area is 163 Å². The predicted octanol–water partition coefficient (Wildman–Crippen LogP) is 2.87. The van der Waals surface area contributed by atoms with Gasteiger partial charge in [-0.3, -0.25) is 0 Å². The molecule has 2 heterocycles. The molecule has 0 bridgehead atoms. The second-order valence-electron chi connectivity index (χ2n) is 5.83. The Morgan fingerprint density at radius 1 is 0.633 bits per heavy atom. The summed E-state index contributed by atoms with van der Waals surface area (Å²) in [6.45, 7) is 3.01. The number of hydrogen-bond acceptors (Lipinski definition) is 8. The van der Waals surface area contributed by atoms with Crippen LogP contribution < -0.4 is 0 Å². The lowest BCUT2D eigenvalue weighted by atomic mass is 9.95. The van der Waals surface area contributed by atoms with E-state index in [2.05, 4.69) is 29.9 Å². The summed E-state index contributed by atoms with van der Waals surface area (Å²) in [5.74, 6) is 0. The molecule has 0 N–H and O–H groups in total. The molecule has 0 unspecified atom stereocenters. The average Bonchev–Trinajstić information content (AvgIpc) is 2.63. The summed E-state index contributed by atoms with van der Waals surface area (Å²) >= 11 is 0. The van der Waals surface area contributed by atoms with Gasteiger partial charge in [-0.25, -0.2) is 19.9 Å². The van der Waals surface area contributed by atoms with Crippen molar-refractivity contribution in [2.75, 3.05) is 0 Å². The number of aryl methyl sites for hydroxylation is 2. The first-order chi connectivity index (χ1) is 13.9. The Bertz CT molecular complexity index is 1120. The van der Waals surface area contributed by atoms with Crippen molar-refractivity contribution in [1.82, 2.24) is 19.9 Å². The van der Waals surface area contributed by atoms with Crippen molar-refractivity contribution < 1.29 is 26.3 Å². The smallest absolute Gasteiger partial charge is 0.247 e. The molecule has 0 radical (unpaired) electrons. The van der Waals surface area contributed by atoms with E-state index in [4.69, 9.17) is 10.5 Å². The van der Waals surface area contributed by atoms with E-state index in [9.17, 15) is 26.3 Å². The quantitative estimate of drug-likeness (QED) is 0.404. The van der Waals surface area contributed by atoms with Crippen LogP contribution in [0.5, 0.6) is 0 Å². The van der Waals surface area contributed by atoms with Gasteiger partial charge in [0.05, 0.1) is 11.4 Å². The van der Waals surface area contributed by atoms with Gasteiger partial charge in [0.2, 0.25) is 12.4 Å². The van der Waals surface area contributed by atoms with E-state index < -0.39 is 46.6 Å². The predicted molar refractivity (Wildman–Crippen MR) is 86.0 cm³/mol. The molecule has 3 rings (SSSR count). The van der Waals surface area contributed by atoms with Crippen LogP contribution in [0.4, 0.5) is 26.3 Å². The van der Waals surface area contributed by atoms with Gasteiger partial charge in [0.1, 0.15) is 34.2 Å². The lowest BCUT2D eigenvalue weighted by molar-refractivity contribution is -0.167. The summed E-state index contributed by atoms with van der Waals surface area (Å²) in [6, 6.07) is 0. The zero-order valence-electron chi connectivity index (χ0n) is 14.8. The topological polar surface area (TPSA) is 124 Å². The Balaban J connectivity index is 2.53. The van der Waals surface area contributed by atoms with Gasteiger partial charge in [-0.05, 0) is 13.8 Å². The highest BCUT2D eigenvalue weighted by Crippen LogP contribution is 2.39. The number of aromatic nitrogens is 4. The number of aliphatic imine (C=N–C) groups is 2. The summed E-state index contributed by atoms with van der Waals surface area (Å²) in [6.07, 6.45) is -8.35. The highest BCUT2D eigenvalue weighted by atomic mass is 19.4. The Morgan fingerprint density at radius 2 is 0.933 bits per heavy atom. The third-order valence-corrected chi connectivity index (χ3v) is 3.96. The number of nitrogens with zero attached hydrogens (tertiary/aromatic N) is 8. The molecular formula is C16H6F6N8. The van der Waals surface area contributed by atoms with Crippen LogP contribution in [0.1, 0.15) is 45.6 Å². The van der Waals surface area contributed by atoms with Crippen LogP contribution in [0.25, 0.3) is 0 Å². The number of fused-ring (bicyclic) bond motifs is 2. The molecule has 14 heteroatoms. The molecule has 0 atom stereocenters. The van der Waals surface area contributed by atoms with Gasteiger partial charge < -0.3 is 0 Å². The summed E-state index contributed by atoms with van der Waals surface area (Å²) in [7, 11) is 0. The zero-order chi connectivity index (χ0) is 22.4. The van der Waals surface area contributed by atoms with E-state index in [0.29, 0.717) is 11.4 Å². The average molecular weight is 424 g/mol. The molecule has 0 saturated carbocycles. The van der Waals surface area contributed by atoms with Gasteiger partial charge in [0.25, 0.3) is 0 Å². The normalized spacial score (nSPS) is 16.1. The van der Waals surface area contributed by atoms with Crippen LogP contribution in [-0.2, 0) is 12.4 Å². The van der Waals surface area contributed by atoms with Crippen LogP contribution in [-0.4, -0.2) is 31.4 Å². The number of halogens is 6. The zero-order valence-corrected chi connectivity index (χ0v) is 14.8. The molecule has 152 valence electrons. The van der Waals surface area contributed by atoms with Crippen LogP contribution >= 0.6 is 0 Å². The van der Waals surface area contributed by atoms with Gasteiger partial charge in [-0.1, -0.05) is 0 Å². The second kappa shape index (κ2) is 6.84. The maximum Gasteiger partial charge on any atom is 0.435 e. The molecule has 0 amide bonds. The number of hydrogen-bond donors (Lipinski definition) is 0. The summed E-state index contributed by atoms with van der Waals surface area (Å²) in [5, 5.41) is 17.9. The number of rotatable bonds is 0. The summed E-state index contributed by atoms with van der Waals surface area (Å²) in [4.78, 5) is 21.1. The third kappa shape index (κ3) is 3.32. The lowest BCUT2D eigenvalue weighted by Crippen LogP contribution is -2.32. The molecule has 1 aliphatic rings. The van der Waals surface area contributed by atoms with E-state index in [0.717, 1.165) is 0 Å². The van der Waals surface area contributed by atoms with E-state index in [1.54, 1.807) is 0 Å². The van der Waals surface area contributed by atoms with Crippen LogP contribution in [0, 0.1) is 36.8 Å². The molecule has 30 heavy (non-hydrogen) atoms. The summed E-state index contributed by atoms with van der Waals surface area (Å²) in [5.41, 5.74) is -7.35. The minimum absolute atomic E-state index is 0.261. The van der Waals surface area contributed by atoms with Crippen LogP contribution in [0.15, 0.2) is 9.98 Å². The summed E-state index contributed by atoms with van der Waals surface area (Å²) < 4.78 is 79.8. The van der Waals surface area contributed by atoms with Gasteiger partial charge in [0, 0.05) is 0 Å². The van der Waals surface area contributed by atoms with Gasteiger partial charge in [-0.2, -0.15) is 46.9 Å². The Kier molecular flexibility index (Phi) is 4.74. The molecule has 0 aliphatic heterocycles. The standard InChI is InChI=1S/C16H6F6N8/c1-5-6(2)28-10-8(26-4-24)12-11(7(25-3-23)9(10)27-5)29-13(15(17,18)19)14(30-12)16(20,21)22/h1-2H3. The van der Waals surface area contributed by atoms with Crippen molar-refractivity contribution in [3.8, 4) is 12.4 Å². The first kappa shape index (κ1) is 20.8. The lowest BCUT2D eigenvalue weighted by Gasteiger charge is -2.23. The van der Waals surface area contributed by atoms with Crippen molar-refractivity contribution in [3.05, 3.63) is 45.6 Å². The molecule has 0 fully saturated rings. The molecule has 0 saturated heterocycles. The van der Waals surface area contributed by atoms with Crippen LogP contribution in [0.2, 0.25) is 0 Å². The molecule has 2 aromatic rings. The van der Waals surface area contributed by atoms with E-state index >= 15 is 0 Å². The van der Waals surface area contributed by atoms with Crippen molar-refractivity contribution in [3.63, 3.8) is 0 Å². The highest BCUT2D eigenvalue weighted by molar-refractivity contribution is 6.29. The van der Waals surface area contributed by atoms with Crippen LogP contribution in [0.3, 0.4) is 0 Å². The fraction of sp³-hybridized carbons (Fsp3) is 0.250. The molecule has 2 aromatic heterocycles. The van der Waals surface area contributed by atoms with Gasteiger partial charge >= 0.3 is 12.4 Å². The molecule has 8 nitrogen and oxygen atoms in total. The maximum atomic E-state index is 13.3. The van der Waals surface area contributed by atoms with Gasteiger partial charge in [0.15, 0.2) is 11.4 Å². The third-order valence-electron chi connectivity index (χ3n) is 3.96. The van der Waals surface area contributed by atoms with Crippen molar-refractivity contribution in [1.29, 1.82) is 10.5 Å². The highest BCUT2D eigenvalue weighted by Gasteiger charge is 2.48. The maximum absolute atomic E-state index is 13.3. The SMILES string of the molecule is Cc1nc2c(nc1C)C(=NC#N)c1nc(C(F)(F)F)c(C(F)(F)F)nc1C2=NC#N. The van der Waals surface area contributed by atoms with Crippen molar-refractivity contribution in [2.24, 2.45) is 9.98 Å². The largest absolute Gasteiger partial charge is 0.435 e. The van der Waals surface area contributed by atoms with E-state index in [1.165, 1.54) is 26.2 Å². The minimum atomic E-state index is -5.52. The molecule has 0 aromatic carbocycles. The molecule has 1 aliphatic carbocycles. The second-order valence-corrected chi connectivity index (χ2v) is 5.83. The molecular weight excluding hydrogens is 418 g/mol. The number of alkyl halides is 6. The molecule has 0 spiro atoms. The monoisotopic (exact) mass is 424 g/mol. The van der Waals surface area contributed by atoms with Crippen molar-refractivity contribution in [2.45, 2.75) is 26.2 Å². The number of nitriles is 2. The van der Waals surface area contributed by atoms with Gasteiger partial charge in [-0.15, -0.1) is 0 Å². The van der Waals surface area contributed by atoms with E-state index in [1.807, 2.05) is 0 Å². The Hall–Kier alpha value is -3.94.